The maximum absolute atomic E-state index is 14.4. The van der Waals surface area contributed by atoms with E-state index in [1.807, 2.05) is 13.0 Å². The molecule has 2 aromatic heterocycles. The van der Waals surface area contributed by atoms with Gasteiger partial charge in [0.15, 0.2) is 0 Å². The molecular formula is C19H22F2N4O. The number of carbonyl (C=O) groups is 1. The number of hydrogen-bond donors (Lipinski definition) is 1. The highest BCUT2D eigenvalue weighted by molar-refractivity contribution is 5.94. The Labute approximate surface area is 150 Å². The molecule has 2 atom stereocenters. The molecule has 5 nitrogen and oxygen atoms in total. The maximum atomic E-state index is 14.4. The summed E-state index contributed by atoms with van der Waals surface area (Å²) in [6.45, 7) is 2.10. The van der Waals surface area contributed by atoms with E-state index in [0.29, 0.717) is 24.4 Å². The molecule has 7 heteroatoms. The molecule has 1 N–H and O–H groups in total. The molecule has 0 spiro atoms. The number of aromatic nitrogens is 3. The molecule has 1 amide bonds. The number of pyridine rings is 1. The number of rotatable bonds is 5. The smallest absolute Gasteiger partial charge is 0.258 e. The fourth-order valence-corrected chi connectivity index (χ4v) is 4.42. The van der Waals surface area contributed by atoms with E-state index < -0.39 is 17.3 Å². The van der Waals surface area contributed by atoms with Crippen LogP contribution in [-0.2, 0) is 11.3 Å². The molecule has 0 aromatic carbocycles. The number of alkyl halides is 2. The summed E-state index contributed by atoms with van der Waals surface area (Å²) in [7, 11) is 0. The zero-order valence-corrected chi connectivity index (χ0v) is 14.7. The Kier molecular flexibility index (Phi) is 4.04. The van der Waals surface area contributed by atoms with Gasteiger partial charge in [0.1, 0.15) is 5.82 Å². The first-order valence-electron chi connectivity index (χ1n) is 9.02. The van der Waals surface area contributed by atoms with E-state index in [4.69, 9.17) is 0 Å². The van der Waals surface area contributed by atoms with Crippen LogP contribution < -0.4 is 4.90 Å². The number of fused-ring (bicyclic) bond motifs is 1. The van der Waals surface area contributed by atoms with Gasteiger partial charge in [-0.1, -0.05) is 12.8 Å². The molecule has 0 radical (unpaired) electrons. The molecule has 2 aromatic rings. The molecular weight excluding hydrogens is 338 g/mol. The minimum absolute atomic E-state index is 0.126. The number of amides is 1. The molecule has 0 aliphatic heterocycles. The maximum Gasteiger partial charge on any atom is 0.258 e. The largest absolute Gasteiger partial charge is 0.347 e. The molecule has 0 bridgehead atoms. The van der Waals surface area contributed by atoms with Crippen LogP contribution in [0.1, 0.15) is 43.5 Å². The Morgan fingerprint density at radius 3 is 2.92 bits per heavy atom. The van der Waals surface area contributed by atoms with E-state index >= 15 is 0 Å². The summed E-state index contributed by atoms with van der Waals surface area (Å²) >= 11 is 0. The van der Waals surface area contributed by atoms with E-state index in [2.05, 4.69) is 15.0 Å². The Bertz CT molecular complexity index is 808. The molecule has 2 aliphatic carbocycles. The molecule has 2 unspecified atom stereocenters. The molecule has 2 aliphatic rings. The normalized spacial score (nSPS) is 26.2. The average molecular weight is 360 g/mol. The summed E-state index contributed by atoms with van der Waals surface area (Å²) < 4.78 is 28.8. The first kappa shape index (κ1) is 17.1. The summed E-state index contributed by atoms with van der Waals surface area (Å²) in [5, 5.41) is 0. The van der Waals surface area contributed by atoms with Crippen LogP contribution in [0.25, 0.3) is 0 Å². The summed E-state index contributed by atoms with van der Waals surface area (Å²) in [5.41, 5.74) is 0.366. The second kappa shape index (κ2) is 6.14. The van der Waals surface area contributed by atoms with Gasteiger partial charge in [-0.2, -0.15) is 0 Å². The van der Waals surface area contributed by atoms with Crippen molar-refractivity contribution in [2.45, 2.75) is 51.5 Å². The van der Waals surface area contributed by atoms with E-state index in [0.717, 1.165) is 18.4 Å². The van der Waals surface area contributed by atoms with Crippen molar-refractivity contribution in [2.24, 2.45) is 11.3 Å². The van der Waals surface area contributed by atoms with Gasteiger partial charge in [0, 0.05) is 30.9 Å². The van der Waals surface area contributed by atoms with E-state index in [9.17, 15) is 13.6 Å². The lowest BCUT2D eigenvalue weighted by molar-refractivity contribution is -0.121. The summed E-state index contributed by atoms with van der Waals surface area (Å²) in [6, 6.07) is 1.84. The van der Waals surface area contributed by atoms with Crippen molar-refractivity contribution in [1.82, 2.24) is 15.0 Å². The molecule has 0 saturated heterocycles. The van der Waals surface area contributed by atoms with Crippen molar-refractivity contribution >= 4 is 11.6 Å². The van der Waals surface area contributed by atoms with Gasteiger partial charge in [-0.05, 0) is 31.4 Å². The Balaban J connectivity index is 1.60. The van der Waals surface area contributed by atoms with Crippen LogP contribution in [-0.4, -0.2) is 26.8 Å². The number of H-pyrrole nitrogens is 1. The molecule has 4 rings (SSSR count). The number of aromatic amines is 1. The fraction of sp³-hybridized carbons (Fsp3) is 0.526. The number of hydrogen-bond acceptors (Lipinski definition) is 3. The van der Waals surface area contributed by atoms with Gasteiger partial charge in [0.05, 0.1) is 23.8 Å². The van der Waals surface area contributed by atoms with Gasteiger partial charge >= 0.3 is 0 Å². The van der Waals surface area contributed by atoms with Crippen molar-refractivity contribution in [2.75, 3.05) is 4.90 Å². The zero-order chi connectivity index (χ0) is 18.4. The van der Waals surface area contributed by atoms with Crippen molar-refractivity contribution in [3.63, 3.8) is 0 Å². The number of carbonyl (C=O) groups excluding carboxylic acids is 1. The third-order valence-corrected chi connectivity index (χ3v) is 5.85. The van der Waals surface area contributed by atoms with E-state index in [1.165, 1.54) is 4.90 Å². The van der Waals surface area contributed by atoms with Crippen molar-refractivity contribution < 1.29 is 13.6 Å². The lowest BCUT2D eigenvalue weighted by Gasteiger charge is -2.26. The third kappa shape index (κ3) is 2.70. The summed E-state index contributed by atoms with van der Waals surface area (Å²) in [4.78, 5) is 25.9. The third-order valence-electron chi connectivity index (χ3n) is 5.85. The lowest BCUT2D eigenvalue weighted by atomic mass is 9.85. The number of imidazole rings is 1. The van der Waals surface area contributed by atoms with Gasteiger partial charge in [0.25, 0.3) is 5.92 Å². The van der Waals surface area contributed by atoms with Crippen LogP contribution in [0.4, 0.5) is 14.5 Å². The highest BCUT2D eigenvalue weighted by Gasteiger charge is 2.80. The van der Waals surface area contributed by atoms with Crippen LogP contribution in [0.3, 0.4) is 0 Å². The van der Waals surface area contributed by atoms with Gasteiger partial charge < -0.3 is 9.88 Å². The van der Waals surface area contributed by atoms with Crippen molar-refractivity contribution in [3.8, 4) is 0 Å². The van der Waals surface area contributed by atoms with E-state index in [-0.39, 0.29) is 18.9 Å². The molecule has 2 fully saturated rings. The molecule has 2 heterocycles. The Morgan fingerprint density at radius 2 is 2.23 bits per heavy atom. The number of halogens is 2. The van der Waals surface area contributed by atoms with Gasteiger partial charge in [-0.15, -0.1) is 0 Å². The first-order chi connectivity index (χ1) is 12.4. The van der Waals surface area contributed by atoms with Gasteiger partial charge in [-0.3, -0.25) is 9.78 Å². The van der Waals surface area contributed by atoms with Gasteiger partial charge in [0.2, 0.25) is 5.91 Å². The second-order valence-corrected chi connectivity index (χ2v) is 7.49. The standard InChI is InChI=1S/C19H22F2N4O/c1-13-8-14(11-22-10-13)25(12-16-23-6-7-24-16)17(26)9-18-5-3-2-4-15(18)19(18,20)21/h6-8,10-11,15H,2-5,9,12H2,1H3,(H,23,24). The minimum Gasteiger partial charge on any atom is -0.347 e. The van der Waals surface area contributed by atoms with Crippen LogP contribution in [0, 0.1) is 18.3 Å². The van der Waals surface area contributed by atoms with E-state index in [1.54, 1.807) is 24.8 Å². The second-order valence-electron chi connectivity index (χ2n) is 7.49. The molecule has 138 valence electrons. The highest BCUT2D eigenvalue weighted by Crippen LogP contribution is 2.73. The van der Waals surface area contributed by atoms with Crippen LogP contribution >= 0.6 is 0 Å². The number of nitrogens with one attached hydrogen (secondary N) is 1. The fourth-order valence-electron chi connectivity index (χ4n) is 4.42. The van der Waals surface area contributed by atoms with Crippen LogP contribution in [0.15, 0.2) is 30.9 Å². The monoisotopic (exact) mass is 360 g/mol. The highest BCUT2D eigenvalue weighted by atomic mass is 19.3. The number of anilines is 1. The van der Waals surface area contributed by atoms with Gasteiger partial charge in [-0.25, -0.2) is 13.8 Å². The summed E-state index contributed by atoms with van der Waals surface area (Å²) in [6.07, 6.45) is 8.99. The lowest BCUT2D eigenvalue weighted by Crippen LogP contribution is -2.34. The SMILES string of the molecule is Cc1cncc(N(Cc2ncc[nH]2)C(=O)CC23CCCCC2C3(F)F)c1. The predicted octanol–water partition coefficient (Wildman–Crippen LogP) is 3.86. The quantitative estimate of drug-likeness (QED) is 0.881. The summed E-state index contributed by atoms with van der Waals surface area (Å²) in [5.74, 6) is -3.05. The van der Waals surface area contributed by atoms with Crippen molar-refractivity contribution in [3.05, 3.63) is 42.2 Å². The molecule has 26 heavy (non-hydrogen) atoms. The Morgan fingerprint density at radius 1 is 1.38 bits per heavy atom. The zero-order valence-electron chi connectivity index (χ0n) is 14.7. The predicted molar refractivity (Wildman–Crippen MR) is 92.7 cm³/mol. The number of aryl methyl sites for hydroxylation is 1. The van der Waals surface area contributed by atoms with Crippen LogP contribution in [0.2, 0.25) is 0 Å². The first-order valence-corrected chi connectivity index (χ1v) is 9.02. The number of nitrogens with zero attached hydrogens (tertiary/aromatic N) is 3. The van der Waals surface area contributed by atoms with Crippen molar-refractivity contribution in [1.29, 1.82) is 0 Å². The topological polar surface area (TPSA) is 61.9 Å². The minimum atomic E-state index is -2.72. The molecule has 2 saturated carbocycles. The van der Waals surface area contributed by atoms with Crippen LogP contribution in [0.5, 0.6) is 0 Å². The Hall–Kier alpha value is -2.31. The average Bonchev–Trinajstić information content (AvgIpc) is 2.95.